The molecule has 0 unspecified atom stereocenters. The Morgan fingerprint density at radius 1 is 1.09 bits per heavy atom. The zero-order valence-corrected chi connectivity index (χ0v) is 13.1. The Morgan fingerprint density at radius 2 is 1.86 bits per heavy atom. The molecule has 1 aliphatic rings. The van der Waals surface area contributed by atoms with Crippen molar-refractivity contribution >= 4 is 46.7 Å². The van der Waals surface area contributed by atoms with Gasteiger partial charge in [-0.25, -0.2) is 0 Å². The van der Waals surface area contributed by atoms with Gasteiger partial charge in [-0.15, -0.1) is 5.10 Å². The van der Waals surface area contributed by atoms with E-state index in [1.165, 1.54) is 6.21 Å². The Labute approximate surface area is 137 Å². The Kier molecular flexibility index (Phi) is 3.96. The summed E-state index contributed by atoms with van der Waals surface area (Å²) in [4.78, 5) is 13.8. The van der Waals surface area contributed by atoms with Gasteiger partial charge in [-0.05, 0) is 12.1 Å². The van der Waals surface area contributed by atoms with Crippen LogP contribution < -0.4 is 4.90 Å². The van der Waals surface area contributed by atoms with Gasteiger partial charge in [0.2, 0.25) is 0 Å². The summed E-state index contributed by atoms with van der Waals surface area (Å²) in [6, 6.07) is 12.7. The number of hydrogen-bond donors (Lipinski definition) is 0. The van der Waals surface area contributed by atoms with E-state index in [1.54, 1.807) is 30.1 Å². The minimum atomic E-state index is -0.185. The first-order valence-corrected chi connectivity index (χ1v) is 7.27. The molecule has 0 fully saturated rings. The van der Waals surface area contributed by atoms with Gasteiger partial charge in [0.1, 0.15) is 0 Å². The zero-order valence-electron chi connectivity index (χ0n) is 11.6. The number of carbonyl (C=O) groups excluding carboxylic acids is 1. The summed E-state index contributed by atoms with van der Waals surface area (Å²) in [5.74, 6) is -0.185. The second kappa shape index (κ2) is 5.91. The monoisotopic (exact) mass is 331 g/mol. The fourth-order valence-corrected chi connectivity index (χ4v) is 2.57. The number of hydrogen-bond acceptors (Lipinski definition) is 3. The lowest BCUT2D eigenvalue weighted by Gasteiger charge is -2.07. The Morgan fingerprint density at radius 3 is 2.68 bits per heavy atom. The van der Waals surface area contributed by atoms with E-state index in [2.05, 4.69) is 10.2 Å². The van der Waals surface area contributed by atoms with E-state index in [9.17, 15) is 4.79 Å². The van der Waals surface area contributed by atoms with Crippen LogP contribution in [-0.4, -0.2) is 24.9 Å². The molecule has 3 rings (SSSR count). The third-order valence-corrected chi connectivity index (χ3v) is 4.20. The van der Waals surface area contributed by atoms with Crippen molar-refractivity contribution in [2.24, 2.45) is 10.2 Å². The van der Waals surface area contributed by atoms with E-state index in [-0.39, 0.29) is 5.91 Å². The number of anilines is 1. The summed E-state index contributed by atoms with van der Waals surface area (Å²) in [6.45, 7) is 0. The summed E-state index contributed by atoms with van der Waals surface area (Å²) < 4.78 is 0. The standard InChI is InChI=1S/C16H11Cl2N3O/c1-21-13-8-3-2-6-11(13)15(16(21)22)20-19-9-10-5-4-7-12(17)14(10)18/h2-9H,1H3/b19-9-,20-15+. The Balaban J connectivity index is 1.95. The molecule has 1 heterocycles. The van der Waals surface area contributed by atoms with E-state index in [4.69, 9.17) is 23.2 Å². The van der Waals surface area contributed by atoms with E-state index < -0.39 is 0 Å². The molecule has 1 aliphatic heterocycles. The molecule has 2 aromatic carbocycles. The molecule has 0 aliphatic carbocycles. The summed E-state index contributed by atoms with van der Waals surface area (Å²) in [5, 5.41) is 8.89. The first-order chi connectivity index (χ1) is 10.6. The summed E-state index contributed by atoms with van der Waals surface area (Å²) >= 11 is 12.0. The molecule has 0 saturated carbocycles. The van der Waals surface area contributed by atoms with E-state index in [1.807, 2.05) is 24.3 Å². The maximum Gasteiger partial charge on any atom is 0.279 e. The maximum absolute atomic E-state index is 12.2. The van der Waals surface area contributed by atoms with Crippen LogP contribution in [-0.2, 0) is 4.79 Å². The number of carbonyl (C=O) groups is 1. The summed E-state index contributed by atoms with van der Waals surface area (Å²) in [7, 11) is 1.71. The fourth-order valence-electron chi connectivity index (χ4n) is 2.22. The summed E-state index contributed by atoms with van der Waals surface area (Å²) in [6.07, 6.45) is 1.48. The molecule has 22 heavy (non-hydrogen) atoms. The van der Waals surface area contributed by atoms with Crippen LogP contribution >= 0.6 is 23.2 Å². The lowest BCUT2D eigenvalue weighted by Crippen LogP contribution is -2.25. The van der Waals surface area contributed by atoms with Crippen molar-refractivity contribution in [2.75, 3.05) is 11.9 Å². The van der Waals surface area contributed by atoms with E-state index >= 15 is 0 Å². The van der Waals surface area contributed by atoms with Crippen LogP contribution in [0.2, 0.25) is 10.0 Å². The van der Waals surface area contributed by atoms with Gasteiger partial charge in [-0.3, -0.25) is 4.79 Å². The maximum atomic E-state index is 12.2. The van der Waals surface area contributed by atoms with Gasteiger partial charge in [0, 0.05) is 18.2 Å². The molecule has 1 amide bonds. The van der Waals surface area contributed by atoms with Crippen molar-refractivity contribution in [1.82, 2.24) is 0 Å². The predicted molar refractivity (Wildman–Crippen MR) is 90.4 cm³/mol. The van der Waals surface area contributed by atoms with Crippen LogP contribution in [0.5, 0.6) is 0 Å². The van der Waals surface area contributed by atoms with Gasteiger partial charge >= 0.3 is 0 Å². The second-order valence-corrected chi connectivity index (χ2v) is 5.50. The molecule has 0 saturated heterocycles. The highest BCUT2D eigenvalue weighted by Gasteiger charge is 2.30. The number of amides is 1. The van der Waals surface area contributed by atoms with Crippen molar-refractivity contribution in [3.63, 3.8) is 0 Å². The number of para-hydroxylation sites is 1. The van der Waals surface area contributed by atoms with Crippen LogP contribution in [0.25, 0.3) is 0 Å². The molecule has 4 nitrogen and oxygen atoms in total. The molecule has 110 valence electrons. The molecule has 0 bridgehead atoms. The highest BCUT2D eigenvalue weighted by Crippen LogP contribution is 2.28. The number of nitrogens with zero attached hydrogens (tertiary/aromatic N) is 3. The molecule has 0 N–H and O–H groups in total. The fraction of sp³-hybridized carbons (Fsp3) is 0.0625. The number of fused-ring (bicyclic) bond motifs is 1. The average molecular weight is 332 g/mol. The molecule has 0 aromatic heterocycles. The largest absolute Gasteiger partial charge is 0.309 e. The van der Waals surface area contributed by atoms with Crippen molar-refractivity contribution < 1.29 is 4.79 Å². The lowest BCUT2D eigenvalue weighted by molar-refractivity contribution is -0.111. The molecule has 2 aromatic rings. The van der Waals surface area contributed by atoms with Crippen LogP contribution in [0.4, 0.5) is 5.69 Å². The van der Waals surface area contributed by atoms with Gasteiger partial charge in [0.05, 0.1) is 21.9 Å². The molecule has 0 radical (unpaired) electrons. The number of likely N-dealkylation sites (N-methyl/N-ethyl adjacent to an activating group) is 1. The van der Waals surface area contributed by atoms with Crippen LogP contribution in [0.3, 0.4) is 0 Å². The second-order valence-electron chi connectivity index (χ2n) is 4.72. The van der Waals surface area contributed by atoms with E-state index in [0.29, 0.717) is 21.3 Å². The molecule has 0 spiro atoms. The van der Waals surface area contributed by atoms with Gasteiger partial charge in [0.25, 0.3) is 5.91 Å². The third-order valence-electron chi connectivity index (χ3n) is 3.36. The summed E-state index contributed by atoms with van der Waals surface area (Å²) in [5.41, 5.74) is 2.55. The minimum absolute atomic E-state index is 0.185. The van der Waals surface area contributed by atoms with Crippen molar-refractivity contribution in [3.05, 3.63) is 63.6 Å². The van der Waals surface area contributed by atoms with Gasteiger partial charge in [-0.2, -0.15) is 5.10 Å². The number of halogens is 2. The number of rotatable bonds is 2. The lowest BCUT2D eigenvalue weighted by atomic mass is 10.1. The van der Waals surface area contributed by atoms with Crippen LogP contribution in [0, 0.1) is 0 Å². The molecule has 6 heteroatoms. The Bertz CT molecular complexity index is 815. The third kappa shape index (κ3) is 2.51. The highest BCUT2D eigenvalue weighted by molar-refractivity contribution is 6.54. The Hall–Kier alpha value is -2.17. The minimum Gasteiger partial charge on any atom is -0.309 e. The predicted octanol–water partition coefficient (Wildman–Crippen LogP) is 3.79. The topological polar surface area (TPSA) is 45.0 Å². The van der Waals surface area contributed by atoms with Crippen LogP contribution in [0.15, 0.2) is 52.7 Å². The van der Waals surface area contributed by atoms with Crippen molar-refractivity contribution in [2.45, 2.75) is 0 Å². The van der Waals surface area contributed by atoms with Crippen molar-refractivity contribution in [1.29, 1.82) is 0 Å². The molecular weight excluding hydrogens is 321 g/mol. The smallest absolute Gasteiger partial charge is 0.279 e. The average Bonchev–Trinajstić information content (AvgIpc) is 2.77. The first-order valence-electron chi connectivity index (χ1n) is 6.52. The molecule has 0 atom stereocenters. The van der Waals surface area contributed by atoms with E-state index in [0.717, 1.165) is 11.3 Å². The zero-order chi connectivity index (χ0) is 15.7. The van der Waals surface area contributed by atoms with Gasteiger partial charge < -0.3 is 4.90 Å². The van der Waals surface area contributed by atoms with Crippen molar-refractivity contribution in [3.8, 4) is 0 Å². The SMILES string of the molecule is CN1C(=O)/C(=N/N=C\c2cccc(Cl)c2Cl)c2ccccc21. The quantitative estimate of drug-likeness (QED) is 0.609. The normalized spacial score (nSPS) is 15.9. The van der Waals surface area contributed by atoms with Gasteiger partial charge in [0.15, 0.2) is 5.71 Å². The molecular formula is C16H11Cl2N3O. The number of benzene rings is 2. The van der Waals surface area contributed by atoms with Crippen LogP contribution in [0.1, 0.15) is 11.1 Å². The highest BCUT2D eigenvalue weighted by atomic mass is 35.5. The van der Waals surface area contributed by atoms with Gasteiger partial charge in [-0.1, -0.05) is 53.5 Å². The first kappa shape index (κ1) is 14.8.